The Morgan fingerprint density at radius 1 is 0.262 bits per heavy atom. The topological polar surface area (TPSA) is 51.8 Å². The molecule has 0 bridgehead atoms. The van der Waals surface area contributed by atoms with Crippen LogP contribution in [0.15, 0.2) is 241 Å². The number of furan rings is 1. The van der Waals surface area contributed by atoms with Crippen LogP contribution in [0.2, 0.25) is 0 Å². The Kier molecular flexibility index (Phi) is 9.46. The fraction of sp³-hybridized carbons (Fsp3) is 0. The van der Waals surface area contributed by atoms with Gasteiger partial charge in [-0.15, -0.1) is 0 Å². The summed E-state index contributed by atoms with van der Waals surface area (Å²) < 4.78 is 6.46. The molecule has 0 aliphatic rings. The maximum Gasteiger partial charge on any atom is 0.164 e. The van der Waals surface area contributed by atoms with Crippen molar-refractivity contribution in [2.24, 2.45) is 0 Å². The minimum Gasteiger partial charge on any atom is -0.456 e. The van der Waals surface area contributed by atoms with Gasteiger partial charge in [-0.1, -0.05) is 206 Å². The molecular formula is C61H39N3O. The molecule has 0 saturated heterocycles. The summed E-state index contributed by atoms with van der Waals surface area (Å²) in [7, 11) is 0. The molecule has 0 unspecified atom stereocenters. The summed E-state index contributed by atoms with van der Waals surface area (Å²) in [4.78, 5) is 14.8. The van der Waals surface area contributed by atoms with Crippen molar-refractivity contribution in [3.8, 4) is 89.8 Å². The van der Waals surface area contributed by atoms with E-state index in [2.05, 4.69) is 176 Å². The van der Waals surface area contributed by atoms with Gasteiger partial charge in [0.2, 0.25) is 0 Å². The molecule has 0 fully saturated rings. The van der Waals surface area contributed by atoms with Crippen molar-refractivity contribution >= 4 is 32.7 Å². The summed E-state index contributed by atoms with van der Waals surface area (Å²) in [5.41, 5.74) is 16.1. The van der Waals surface area contributed by atoms with E-state index in [1.165, 1.54) is 16.3 Å². The highest BCUT2D eigenvalue weighted by atomic mass is 16.3. The van der Waals surface area contributed by atoms with Gasteiger partial charge in [0.25, 0.3) is 0 Å². The molecule has 0 aliphatic carbocycles. The second-order valence-electron chi connectivity index (χ2n) is 16.3. The Bertz CT molecular complexity index is 3600. The zero-order chi connectivity index (χ0) is 43.1. The Morgan fingerprint density at radius 2 is 0.677 bits per heavy atom. The number of hydrogen-bond donors (Lipinski definition) is 0. The molecule has 304 valence electrons. The van der Waals surface area contributed by atoms with Gasteiger partial charge in [-0.2, -0.15) is 0 Å². The largest absolute Gasteiger partial charge is 0.456 e. The predicted octanol–water partition coefficient (Wildman–Crippen LogP) is 16.3. The van der Waals surface area contributed by atoms with Crippen LogP contribution in [0.5, 0.6) is 0 Å². The van der Waals surface area contributed by atoms with Crippen LogP contribution in [0.1, 0.15) is 0 Å². The Morgan fingerprint density at radius 3 is 1.26 bits per heavy atom. The average molecular weight is 830 g/mol. The van der Waals surface area contributed by atoms with Gasteiger partial charge in [-0.25, -0.2) is 15.0 Å². The smallest absolute Gasteiger partial charge is 0.164 e. The number of rotatable bonds is 8. The lowest BCUT2D eigenvalue weighted by molar-refractivity contribution is 0.669. The molecule has 12 aromatic rings. The van der Waals surface area contributed by atoms with Crippen molar-refractivity contribution in [2.75, 3.05) is 0 Å². The zero-order valence-electron chi connectivity index (χ0n) is 35.3. The van der Waals surface area contributed by atoms with Crippen molar-refractivity contribution in [2.45, 2.75) is 0 Å². The molecule has 2 aromatic heterocycles. The summed E-state index contributed by atoms with van der Waals surface area (Å²) >= 11 is 0. The molecule has 4 nitrogen and oxygen atoms in total. The fourth-order valence-corrected chi connectivity index (χ4v) is 9.12. The third-order valence-electron chi connectivity index (χ3n) is 12.4. The van der Waals surface area contributed by atoms with Crippen LogP contribution >= 0.6 is 0 Å². The van der Waals surface area contributed by atoms with Crippen LogP contribution in [0.25, 0.3) is 123 Å². The Labute approximate surface area is 376 Å². The molecule has 0 N–H and O–H groups in total. The Hall–Kier alpha value is -8.73. The van der Waals surface area contributed by atoms with Gasteiger partial charge >= 0.3 is 0 Å². The number of hydrogen-bond acceptors (Lipinski definition) is 4. The van der Waals surface area contributed by atoms with Gasteiger partial charge in [0.1, 0.15) is 11.2 Å². The second kappa shape index (κ2) is 16.2. The maximum absolute atomic E-state index is 6.46. The monoisotopic (exact) mass is 829 g/mol. The number of aromatic nitrogens is 3. The maximum atomic E-state index is 6.46. The summed E-state index contributed by atoms with van der Waals surface area (Å²) in [6.07, 6.45) is 0. The first-order chi connectivity index (χ1) is 32.2. The van der Waals surface area contributed by atoms with Crippen LogP contribution in [-0.4, -0.2) is 15.0 Å². The summed E-state index contributed by atoms with van der Waals surface area (Å²) in [5, 5.41) is 4.65. The third kappa shape index (κ3) is 7.13. The number of fused-ring (bicyclic) bond motifs is 5. The molecule has 65 heavy (non-hydrogen) atoms. The molecule has 12 rings (SSSR count). The predicted molar refractivity (Wildman–Crippen MR) is 268 cm³/mol. The molecule has 4 heteroatoms. The van der Waals surface area contributed by atoms with Gasteiger partial charge in [0, 0.05) is 27.5 Å². The normalized spacial score (nSPS) is 11.4. The van der Waals surface area contributed by atoms with Gasteiger partial charge < -0.3 is 4.42 Å². The van der Waals surface area contributed by atoms with Crippen LogP contribution in [0, 0.1) is 0 Å². The van der Waals surface area contributed by atoms with Crippen molar-refractivity contribution < 1.29 is 4.42 Å². The highest BCUT2D eigenvalue weighted by molar-refractivity contribution is 6.19. The van der Waals surface area contributed by atoms with E-state index < -0.39 is 0 Å². The second-order valence-corrected chi connectivity index (χ2v) is 16.3. The first kappa shape index (κ1) is 38.0. The standard InChI is InChI=1S/C61H39N3O/c1-5-15-40(16-6-1)50-38-52(57(45-18-7-2-8-19-45)53(39-50)49-34-35-55-54(37-49)58-51-24-14-13-17-43(51)33-36-56(58)65-55)44-29-25-41(26-30-44)42-27-31-48(32-28-42)61-63-59(46-20-9-3-10-21-46)62-60(64-61)47-22-11-4-12-23-47/h1-39H. The first-order valence-corrected chi connectivity index (χ1v) is 21.9. The highest BCUT2D eigenvalue weighted by Crippen LogP contribution is 2.45. The van der Waals surface area contributed by atoms with Crippen LogP contribution in [-0.2, 0) is 0 Å². The highest BCUT2D eigenvalue weighted by Gasteiger charge is 2.20. The van der Waals surface area contributed by atoms with Crippen LogP contribution in [0.4, 0.5) is 0 Å². The van der Waals surface area contributed by atoms with Gasteiger partial charge in [0.05, 0.1) is 0 Å². The van der Waals surface area contributed by atoms with E-state index in [1.54, 1.807) is 0 Å². The molecular weight excluding hydrogens is 791 g/mol. The molecule has 0 atom stereocenters. The number of benzene rings is 10. The molecule has 0 spiro atoms. The minimum absolute atomic E-state index is 0.635. The minimum atomic E-state index is 0.635. The van der Waals surface area contributed by atoms with E-state index in [0.29, 0.717) is 17.5 Å². The van der Waals surface area contributed by atoms with E-state index in [-0.39, 0.29) is 0 Å². The quantitative estimate of drug-likeness (QED) is 0.153. The lowest BCUT2D eigenvalue weighted by Crippen LogP contribution is -2.00. The lowest BCUT2D eigenvalue weighted by Gasteiger charge is -2.19. The zero-order valence-corrected chi connectivity index (χ0v) is 35.3. The third-order valence-corrected chi connectivity index (χ3v) is 12.4. The molecule has 0 saturated carbocycles. The van der Waals surface area contributed by atoms with Crippen molar-refractivity contribution in [3.05, 3.63) is 237 Å². The first-order valence-electron chi connectivity index (χ1n) is 21.9. The SMILES string of the molecule is c1ccc(-c2cc(-c3ccc(-c4ccc(-c5nc(-c6ccccc6)nc(-c6ccccc6)n5)cc4)cc3)c(-c3ccccc3)c(-c3ccc4oc5ccc6ccccc6c5c4c3)c2)cc1. The van der Waals surface area contributed by atoms with Crippen LogP contribution < -0.4 is 0 Å². The fourth-order valence-electron chi connectivity index (χ4n) is 9.12. The molecule has 0 aliphatic heterocycles. The molecule has 2 heterocycles. The Balaban J connectivity index is 0.966. The van der Waals surface area contributed by atoms with Crippen molar-refractivity contribution in [3.63, 3.8) is 0 Å². The van der Waals surface area contributed by atoms with E-state index >= 15 is 0 Å². The summed E-state index contributed by atoms with van der Waals surface area (Å²) in [6, 6.07) is 83.3. The van der Waals surface area contributed by atoms with E-state index in [0.717, 1.165) is 88.7 Å². The molecule has 0 radical (unpaired) electrons. The van der Waals surface area contributed by atoms with Gasteiger partial charge in [-0.05, 0) is 96.7 Å². The van der Waals surface area contributed by atoms with Gasteiger partial charge in [0.15, 0.2) is 17.5 Å². The molecule has 10 aromatic carbocycles. The average Bonchev–Trinajstić information content (AvgIpc) is 3.78. The van der Waals surface area contributed by atoms with Gasteiger partial charge in [-0.3, -0.25) is 0 Å². The van der Waals surface area contributed by atoms with E-state index in [4.69, 9.17) is 19.4 Å². The van der Waals surface area contributed by atoms with E-state index in [9.17, 15) is 0 Å². The number of nitrogens with zero attached hydrogens (tertiary/aromatic N) is 3. The van der Waals surface area contributed by atoms with Crippen molar-refractivity contribution in [1.29, 1.82) is 0 Å². The summed E-state index contributed by atoms with van der Waals surface area (Å²) in [5.74, 6) is 1.93. The summed E-state index contributed by atoms with van der Waals surface area (Å²) in [6.45, 7) is 0. The molecule has 0 amide bonds. The van der Waals surface area contributed by atoms with E-state index in [1.807, 2.05) is 60.7 Å². The van der Waals surface area contributed by atoms with Crippen LogP contribution in [0.3, 0.4) is 0 Å². The van der Waals surface area contributed by atoms with Crippen molar-refractivity contribution in [1.82, 2.24) is 15.0 Å². The lowest BCUT2D eigenvalue weighted by atomic mass is 9.84.